The van der Waals surface area contributed by atoms with Crippen LogP contribution in [0, 0.1) is 5.41 Å². The Morgan fingerprint density at radius 2 is 2.06 bits per heavy atom. The average Bonchev–Trinajstić information content (AvgIpc) is 2.64. The third-order valence-corrected chi connectivity index (χ3v) is 2.78. The SMILES string of the molecule is CC(C)c1cn(CCCC(=O)C(C)(C)C)nn1. The van der Waals surface area contributed by atoms with E-state index in [0.717, 1.165) is 18.7 Å². The van der Waals surface area contributed by atoms with Crippen molar-refractivity contribution >= 4 is 5.78 Å². The lowest BCUT2D eigenvalue weighted by Crippen LogP contribution is -2.20. The Kier molecular flexibility index (Phi) is 4.43. The highest BCUT2D eigenvalue weighted by Crippen LogP contribution is 2.18. The highest BCUT2D eigenvalue weighted by Gasteiger charge is 2.20. The van der Waals surface area contributed by atoms with E-state index in [1.165, 1.54) is 0 Å². The largest absolute Gasteiger partial charge is 0.299 e. The summed E-state index contributed by atoms with van der Waals surface area (Å²) in [7, 11) is 0. The molecule has 1 rings (SSSR count). The number of hydrogen-bond donors (Lipinski definition) is 0. The van der Waals surface area contributed by atoms with E-state index in [0.29, 0.717) is 18.1 Å². The van der Waals surface area contributed by atoms with Crippen molar-refractivity contribution in [3.05, 3.63) is 11.9 Å². The highest BCUT2D eigenvalue weighted by atomic mass is 16.1. The van der Waals surface area contributed by atoms with Gasteiger partial charge >= 0.3 is 0 Å². The first kappa shape index (κ1) is 13.9. The smallest absolute Gasteiger partial charge is 0.138 e. The van der Waals surface area contributed by atoms with Crippen LogP contribution >= 0.6 is 0 Å². The molecule has 17 heavy (non-hydrogen) atoms. The van der Waals surface area contributed by atoms with Gasteiger partial charge in [-0.1, -0.05) is 39.8 Å². The minimum absolute atomic E-state index is 0.231. The topological polar surface area (TPSA) is 47.8 Å². The van der Waals surface area contributed by atoms with Crippen molar-refractivity contribution in [3.63, 3.8) is 0 Å². The molecule has 1 aromatic heterocycles. The molecule has 96 valence electrons. The van der Waals surface area contributed by atoms with Gasteiger partial charge < -0.3 is 0 Å². The molecule has 0 N–H and O–H groups in total. The highest BCUT2D eigenvalue weighted by molar-refractivity contribution is 5.83. The van der Waals surface area contributed by atoms with Gasteiger partial charge in [0.1, 0.15) is 5.78 Å². The van der Waals surface area contributed by atoms with E-state index in [4.69, 9.17) is 0 Å². The van der Waals surface area contributed by atoms with Crippen LogP contribution in [-0.2, 0) is 11.3 Å². The van der Waals surface area contributed by atoms with Crippen LogP contribution in [0.25, 0.3) is 0 Å². The number of carbonyl (C=O) groups is 1. The maximum absolute atomic E-state index is 11.7. The lowest BCUT2D eigenvalue weighted by Gasteiger charge is -2.15. The molecule has 0 aliphatic heterocycles. The van der Waals surface area contributed by atoms with Gasteiger partial charge in [-0.15, -0.1) is 5.10 Å². The normalized spacial score (nSPS) is 12.1. The van der Waals surface area contributed by atoms with Crippen LogP contribution in [-0.4, -0.2) is 20.8 Å². The first-order valence-corrected chi connectivity index (χ1v) is 6.24. The van der Waals surface area contributed by atoms with Gasteiger partial charge in [-0.3, -0.25) is 9.48 Å². The summed E-state index contributed by atoms with van der Waals surface area (Å²) in [5.74, 6) is 0.710. The number of Topliss-reactive ketones (excluding diaryl/α,β-unsaturated/α-hetero) is 1. The molecule has 0 saturated heterocycles. The third-order valence-electron chi connectivity index (χ3n) is 2.78. The van der Waals surface area contributed by atoms with Crippen LogP contribution in [0.4, 0.5) is 0 Å². The van der Waals surface area contributed by atoms with E-state index in [1.807, 2.05) is 31.6 Å². The van der Waals surface area contributed by atoms with Crippen molar-refractivity contribution < 1.29 is 4.79 Å². The number of ketones is 1. The van der Waals surface area contributed by atoms with Gasteiger partial charge in [-0.2, -0.15) is 0 Å². The lowest BCUT2D eigenvalue weighted by atomic mass is 9.88. The Bertz CT molecular complexity index is 374. The van der Waals surface area contributed by atoms with Crippen molar-refractivity contribution in [2.24, 2.45) is 5.41 Å². The molecule has 0 saturated carbocycles. The number of rotatable bonds is 5. The van der Waals surface area contributed by atoms with E-state index in [2.05, 4.69) is 24.2 Å². The van der Waals surface area contributed by atoms with Crippen LogP contribution < -0.4 is 0 Å². The predicted octanol–water partition coefficient (Wildman–Crippen LogP) is 2.80. The molecule has 0 atom stereocenters. The quantitative estimate of drug-likeness (QED) is 0.791. The lowest BCUT2D eigenvalue weighted by molar-refractivity contribution is -0.126. The Balaban J connectivity index is 2.38. The van der Waals surface area contributed by atoms with Gasteiger partial charge in [0.25, 0.3) is 0 Å². The van der Waals surface area contributed by atoms with Crippen molar-refractivity contribution in [2.45, 2.75) is 59.9 Å². The van der Waals surface area contributed by atoms with Gasteiger partial charge in [0.15, 0.2) is 0 Å². The summed E-state index contributed by atoms with van der Waals surface area (Å²) in [4.78, 5) is 11.7. The molecule has 0 bridgehead atoms. The van der Waals surface area contributed by atoms with E-state index in [9.17, 15) is 4.79 Å². The van der Waals surface area contributed by atoms with Crippen LogP contribution in [0.15, 0.2) is 6.20 Å². The summed E-state index contributed by atoms with van der Waals surface area (Å²) in [5.41, 5.74) is 0.776. The van der Waals surface area contributed by atoms with E-state index >= 15 is 0 Å². The minimum atomic E-state index is -0.231. The van der Waals surface area contributed by atoms with E-state index in [-0.39, 0.29) is 5.41 Å². The third kappa shape index (κ3) is 4.29. The Morgan fingerprint density at radius 1 is 1.41 bits per heavy atom. The molecule has 0 spiro atoms. The summed E-state index contributed by atoms with van der Waals surface area (Å²) in [6.45, 7) is 10.8. The minimum Gasteiger partial charge on any atom is -0.299 e. The number of carbonyl (C=O) groups excluding carboxylic acids is 1. The maximum Gasteiger partial charge on any atom is 0.138 e. The molecule has 0 amide bonds. The van der Waals surface area contributed by atoms with Gasteiger partial charge in [0.2, 0.25) is 0 Å². The molecule has 4 nitrogen and oxygen atoms in total. The summed E-state index contributed by atoms with van der Waals surface area (Å²) < 4.78 is 1.82. The molecular weight excluding hydrogens is 214 g/mol. The average molecular weight is 237 g/mol. The molecule has 4 heteroatoms. The van der Waals surface area contributed by atoms with Crippen LogP contribution in [0.2, 0.25) is 0 Å². The van der Waals surface area contributed by atoms with Crippen LogP contribution in [0.5, 0.6) is 0 Å². The molecule has 1 aromatic rings. The summed E-state index contributed by atoms with van der Waals surface area (Å²) in [6, 6.07) is 0. The molecule has 0 unspecified atom stereocenters. The molecule has 1 heterocycles. The van der Waals surface area contributed by atoms with Gasteiger partial charge in [0, 0.05) is 24.6 Å². The fourth-order valence-electron chi connectivity index (χ4n) is 1.46. The Labute approximate surface area is 103 Å². The molecule has 0 fully saturated rings. The summed E-state index contributed by atoms with van der Waals surface area (Å²) in [6.07, 6.45) is 3.41. The second-order valence-corrected chi connectivity index (χ2v) is 5.84. The van der Waals surface area contributed by atoms with E-state index < -0.39 is 0 Å². The van der Waals surface area contributed by atoms with Gasteiger partial charge in [-0.05, 0) is 12.3 Å². The van der Waals surface area contributed by atoms with Crippen molar-refractivity contribution in [1.82, 2.24) is 15.0 Å². The molecule has 0 aliphatic rings. The monoisotopic (exact) mass is 237 g/mol. The fourth-order valence-corrected chi connectivity index (χ4v) is 1.46. The Hall–Kier alpha value is -1.19. The number of nitrogens with zero attached hydrogens (tertiary/aromatic N) is 3. The summed E-state index contributed by atoms with van der Waals surface area (Å²) in [5, 5.41) is 8.14. The number of aromatic nitrogens is 3. The maximum atomic E-state index is 11.7. The number of hydrogen-bond acceptors (Lipinski definition) is 3. The first-order valence-electron chi connectivity index (χ1n) is 6.24. The molecule has 0 aromatic carbocycles. The molecule has 0 aliphatic carbocycles. The van der Waals surface area contributed by atoms with Crippen molar-refractivity contribution in [3.8, 4) is 0 Å². The Morgan fingerprint density at radius 3 is 2.53 bits per heavy atom. The zero-order valence-electron chi connectivity index (χ0n) is 11.5. The van der Waals surface area contributed by atoms with E-state index in [1.54, 1.807) is 0 Å². The fraction of sp³-hybridized carbons (Fsp3) is 0.769. The molecule has 0 radical (unpaired) electrons. The second-order valence-electron chi connectivity index (χ2n) is 5.84. The van der Waals surface area contributed by atoms with Gasteiger partial charge in [-0.25, -0.2) is 0 Å². The zero-order chi connectivity index (χ0) is 13.1. The zero-order valence-corrected chi connectivity index (χ0v) is 11.5. The molecular formula is C13H23N3O. The van der Waals surface area contributed by atoms with Crippen molar-refractivity contribution in [2.75, 3.05) is 0 Å². The van der Waals surface area contributed by atoms with Crippen LogP contribution in [0.1, 0.15) is 59.1 Å². The second kappa shape index (κ2) is 5.43. The van der Waals surface area contributed by atoms with Crippen molar-refractivity contribution in [1.29, 1.82) is 0 Å². The standard InChI is InChI=1S/C13H23N3O/c1-10(2)11-9-16(15-14-11)8-6-7-12(17)13(3,4)5/h9-10H,6-8H2,1-5H3. The van der Waals surface area contributed by atoms with Gasteiger partial charge in [0.05, 0.1) is 5.69 Å². The predicted molar refractivity (Wildman–Crippen MR) is 67.8 cm³/mol. The summed E-state index contributed by atoms with van der Waals surface area (Å²) >= 11 is 0. The first-order chi connectivity index (χ1) is 7.80. The number of aryl methyl sites for hydroxylation is 1. The van der Waals surface area contributed by atoms with Crippen LogP contribution in [0.3, 0.4) is 0 Å².